The van der Waals surface area contributed by atoms with Crippen LogP contribution in [0.15, 0.2) is 78.9 Å². The van der Waals surface area contributed by atoms with Crippen LogP contribution >= 0.6 is 0 Å². The molecule has 3 rings (SSSR count). The molecular weight excluding hydrogens is 539 g/mol. The third-order valence-corrected chi connectivity index (χ3v) is 7.23. The third-order valence-electron chi connectivity index (χ3n) is 6.09. The molecule has 3 aromatic rings. The molecule has 1 atom stereocenters. The minimum atomic E-state index is -4.07. The second-order valence-corrected chi connectivity index (χ2v) is 11.1. The van der Waals surface area contributed by atoms with E-state index in [0.29, 0.717) is 18.5 Å². The first-order valence-electron chi connectivity index (χ1n) is 12.6. The second kappa shape index (κ2) is 13.7. The van der Waals surface area contributed by atoms with Crippen LogP contribution in [0.5, 0.6) is 0 Å². The highest BCUT2D eigenvalue weighted by Gasteiger charge is 2.33. The van der Waals surface area contributed by atoms with Gasteiger partial charge in [0.05, 0.1) is 16.9 Å². The molecule has 0 aliphatic heterocycles. The highest BCUT2D eigenvalue weighted by atomic mass is 32.2. The minimum absolute atomic E-state index is 0.0678. The van der Waals surface area contributed by atoms with Crippen LogP contribution in [0.1, 0.15) is 24.5 Å². The minimum Gasteiger partial charge on any atom is -0.354 e. The van der Waals surface area contributed by atoms with Gasteiger partial charge in [-0.05, 0) is 35.7 Å². The zero-order valence-corrected chi connectivity index (χ0v) is 23.0. The van der Waals surface area contributed by atoms with Crippen molar-refractivity contribution in [1.82, 2.24) is 10.2 Å². The van der Waals surface area contributed by atoms with Crippen molar-refractivity contribution >= 4 is 33.2 Å². The Bertz CT molecular complexity index is 1430. The molecule has 0 saturated heterocycles. The second-order valence-electron chi connectivity index (χ2n) is 9.19. The maximum atomic E-state index is 13.9. The first-order chi connectivity index (χ1) is 19.0. The fourth-order valence-corrected chi connectivity index (χ4v) is 4.92. The Morgan fingerprint density at radius 2 is 1.68 bits per heavy atom. The topological polar surface area (TPSA) is 130 Å². The van der Waals surface area contributed by atoms with Gasteiger partial charge in [0.2, 0.25) is 21.8 Å². The lowest BCUT2D eigenvalue weighted by Crippen LogP contribution is -2.53. The Hall–Kier alpha value is -4.32. The van der Waals surface area contributed by atoms with Gasteiger partial charge in [0.15, 0.2) is 0 Å². The molecule has 0 aromatic heterocycles. The van der Waals surface area contributed by atoms with Crippen LogP contribution in [0.4, 0.5) is 15.8 Å². The summed E-state index contributed by atoms with van der Waals surface area (Å²) in [6.45, 7) is 1.43. The molecule has 40 heavy (non-hydrogen) atoms. The van der Waals surface area contributed by atoms with Crippen LogP contribution in [0.25, 0.3) is 0 Å². The van der Waals surface area contributed by atoms with Crippen LogP contribution in [0.3, 0.4) is 0 Å². The number of nitrogens with one attached hydrogen (secondary N) is 1. The first-order valence-corrected chi connectivity index (χ1v) is 14.4. The van der Waals surface area contributed by atoms with E-state index in [4.69, 9.17) is 0 Å². The molecular formula is C28H31FN4O6S. The molecule has 0 fully saturated rings. The van der Waals surface area contributed by atoms with Gasteiger partial charge in [-0.25, -0.2) is 12.8 Å². The highest BCUT2D eigenvalue weighted by molar-refractivity contribution is 7.92. The number of hydrogen-bond donors (Lipinski definition) is 1. The average Bonchev–Trinajstić information content (AvgIpc) is 2.93. The van der Waals surface area contributed by atoms with Crippen LogP contribution in [-0.4, -0.2) is 55.4 Å². The number of nitro benzene ring substituents is 1. The van der Waals surface area contributed by atoms with Gasteiger partial charge in [-0.2, -0.15) is 0 Å². The number of nitrogens with zero attached hydrogens (tertiary/aromatic N) is 3. The Balaban J connectivity index is 2.05. The fourth-order valence-electron chi connectivity index (χ4n) is 4.08. The number of benzene rings is 3. The normalized spacial score (nSPS) is 11.9. The summed E-state index contributed by atoms with van der Waals surface area (Å²) in [5.74, 6) is -1.62. The Labute approximate surface area is 232 Å². The predicted molar refractivity (Wildman–Crippen MR) is 149 cm³/mol. The highest BCUT2D eigenvalue weighted by Crippen LogP contribution is 2.24. The van der Waals surface area contributed by atoms with Gasteiger partial charge in [-0.1, -0.05) is 55.5 Å². The van der Waals surface area contributed by atoms with Crippen LogP contribution < -0.4 is 9.62 Å². The molecule has 0 unspecified atom stereocenters. The van der Waals surface area contributed by atoms with Crippen LogP contribution in [-0.2, 0) is 32.6 Å². The first kappa shape index (κ1) is 30.2. The molecule has 3 aromatic carbocycles. The molecule has 12 heteroatoms. The predicted octanol–water partition coefficient (Wildman–Crippen LogP) is 3.67. The molecule has 10 nitrogen and oxygen atoms in total. The van der Waals surface area contributed by atoms with E-state index < -0.39 is 45.2 Å². The van der Waals surface area contributed by atoms with Crippen molar-refractivity contribution in [2.45, 2.75) is 32.4 Å². The molecule has 0 aliphatic rings. The van der Waals surface area contributed by atoms with E-state index in [9.17, 15) is 32.5 Å². The zero-order valence-electron chi connectivity index (χ0n) is 22.2. The van der Waals surface area contributed by atoms with E-state index in [1.165, 1.54) is 47.4 Å². The summed E-state index contributed by atoms with van der Waals surface area (Å²) in [5.41, 5.74) is 0.886. The molecule has 2 amide bonds. The van der Waals surface area contributed by atoms with E-state index >= 15 is 0 Å². The lowest BCUT2D eigenvalue weighted by molar-refractivity contribution is -0.384. The molecule has 0 aliphatic carbocycles. The molecule has 0 spiro atoms. The third kappa shape index (κ3) is 8.34. The number of anilines is 1. The number of hydrogen-bond acceptors (Lipinski definition) is 6. The SMILES string of the molecule is CCCNC(=O)[C@@H](Cc1ccccc1)N(Cc1ccc(F)cc1)C(=O)CN(c1cccc([N+](=O)[O-])c1)S(C)(=O)=O. The van der Waals surface area contributed by atoms with Gasteiger partial charge in [0.1, 0.15) is 18.4 Å². The van der Waals surface area contributed by atoms with E-state index in [1.54, 1.807) is 12.1 Å². The Morgan fingerprint density at radius 3 is 2.27 bits per heavy atom. The summed E-state index contributed by atoms with van der Waals surface area (Å²) >= 11 is 0. The summed E-state index contributed by atoms with van der Waals surface area (Å²) in [7, 11) is -4.07. The van der Waals surface area contributed by atoms with Gasteiger partial charge in [0.25, 0.3) is 5.69 Å². The standard InChI is InChI=1S/C28H31FN4O6S/c1-3-16-30-28(35)26(17-21-8-5-4-6-9-21)31(19-22-12-14-23(29)15-13-22)27(34)20-32(40(2,38)39)24-10-7-11-25(18-24)33(36)37/h4-15,18,26H,3,16-17,19-20H2,1-2H3,(H,30,35)/t26-/m1/s1. The summed E-state index contributed by atoms with van der Waals surface area (Å²) < 4.78 is 39.9. The lowest BCUT2D eigenvalue weighted by Gasteiger charge is -2.33. The zero-order chi connectivity index (χ0) is 29.3. The van der Waals surface area contributed by atoms with Crippen molar-refractivity contribution in [1.29, 1.82) is 0 Å². The lowest BCUT2D eigenvalue weighted by atomic mass is 10.0. The van der Waals surface area contributed by atoms with E-state index in [0.717, 1.165) is 22.2 Å². The maximum Gasteiger partial charge on any atom is 0.271 e. The van der Waals surface area contributed by atoms with E-state index in [-0.39, 0.29) is 24.3 Å². The number of nitro groups is 1. The van der Waals surface area contributed by atoms with Crippen molar-refractivity contribution in [2.24, 2.45) is 0 Å². The van der Waals surface area contributed by atoms with E-state index in [2.05, 4.69) is 5.32 Å². The monoisotopic (exact) mass is 570 g/mol. The summed E-state index contributed by atoms with van der Waals surface area (Å²) in [5, 5.41) is 14.1. The van der Waals surface area contributed by atoms with Gasteiger partial charge >= 0.3 is 0 Å². The van der Waals surface area contributed by atoms with Gasteiger partial charge in [0, 0.05) is 31.6 Å². The summed E-state index contributed by atoms with van der Waals surface area (Å²) in [6.07, 6.45) is 1.68. The van der Waals surface area contributed by atoms with Crippen molar-refractivity contribution in [3.8, 4) is 0 Å². The van der Waals surface area contributed by atoms with Gasteiger partial charge < -0.3 is 10.2 Å². The number of carbonyl (C=O) groups excluding carboxylic acids is 2. The quantitative estimate of drug-likeness (QED) is 0.247. The molecule has 0 saturated carbocycles. The smallest absolute Gasteiger partial charge is 0.271 e. The van der Waals surface area contributed by atoms with Gasteiger partial charge in [-0.3, -0.25) is 24.0 Å². The van der Waals surface area contributed by atoms with Crippen molar-refractivity contribution < 1.29 is 27.3 Å². The largest absolute Gasteiger partial charge is 0.354 e. The molecule has 0 radical (unpaired) electrons. The summed E-state index contributed by atoms with van der Waals surface area (Å²) in [4.78, 5) is 39.2. The molecule has 0 bridgehead atoms. The molecule has 1 N–H and O–H groups in total. The molecule has 212 valence electrons. The number of halogens is 1. The fraction of sp³-hybridized carbons (Fsp3) is 0.286. The van der Waals surface area contributed by atoms with Crippen LogP contribution in [0.2, 0.25) is 0 Å². The van der Waals surface area contributed by atoms with Crippen molar-refractivity contribution in [2.75, 3.05) is 23.7 Å². The molecule has 0 heterocycles. The number of amides is 2. The van der Waals surface area contributed by atoms with Crippen molar-refractivity contribution in [3.63, 3.8) is 0 Å². The van der Waals surface area contributed by atoms with Crippen LogP contribution in [0, 0.1) is 15.9 Å². The number of rotatable bonds is 13. The average molecular weight is 571 g/mol. The Kier molecular flexibility index (Phi) is 10.3. The summed E-state index contributed by atoms with van der Waals surface area (Å²) in [6, 6.07) is 18.4. The number of carbonyl (C=O) groups is 2. The number of sulfonamides is 1. The maximum absolute atomic E-state index is 13.9. The Morgan fingerprint density at radius 1 is 1.00 bits per heavy atom. The van der Waals surface area contributed by atoms with Crippen molar-refractivity contribution in [3.05, 3.63) is 106 Å². The van der Waals surface area contributed by atoms with E-state index in [1.807, 2.05) is 25.1 Å². The van der Waals surface area contributed by atoms with Gasteiger partial charge in [-0.15, -0.1) is 0 Å². The number of non-ortho nitro benzene ring substituents is 1.